The van der Waals surface area contributed by atoms with E-state index in [9.17, 15) is 0 Å². The largest absolute Gasteiger partial charge is 0.495 e. The molecule has 2 heterocycles. The van der Waals surface area contributed by atoms with E-state index in [-0.39, 0.29) is 0 Å². The first kappa shape index (κ1) is 21.8. The fourth-order valence-electron chi connectivity index (χ4n) is 3.53. The van der Waals surface area contributed by atoms with Gasteiger partial charge in [-0.25, -0.2) is 4.68 Å². The van der Waals surface area contributed by atoms with Crippen molar-refractivity contribution in [2.24, 2.45) is 0 Å². The number of benzene rings is 2. The molecule has 0 aliphatic carbocycles. The zero-order valence-electron chi connectivity index (χ0n) is 17.8. The molecular formula is C22H27N5O2S2. The van der Waals surface area contributed by atoms with Crippen LogP contribution in [0.15, 0.2) is 48.5 Å². The third kappa shape index (κ3) is 5.62. The molecule has 164 valence electrons. The van der Waals surface area contributed by atoms with Crippen LogP contribution in [0.5, 0.6) is 5.75 Å². The SMILES string of the molecule is COc1ccccc1Nc1nn(CN(C)Cc2ccc(N3CCOCC3)cc2)c(=S)s1. The normalized spacial score (nSPS) is 14.1. The summed E-state index contributed by atoms with van der Waals surface area (Å²) in [6, 6.07) is 16.5. The molecule has 0 amide bonds. The molecule has 7 nitrogen and oxygen atoms in total. The fourth-order valence-corrected chi connectivity index (χ4v) is 4.54. The fraction of sp³-hybridized carbons (Fsp3) is 0.364. The van der Waals surface area contributed by atoms with Crippen molar-refractivity contribution < 1.29 is 9.47 Å². The number of hydrogen-bond acceptors (Lipinski definition) is 8. The van der Waals surface area contributed by atoms with Crippen molar-refractivity contribution in [3.8, 4) is 5.75 Å². The number of hydrogen-bond donors (Lipinski definition) is 1. The zero-order valence-corrected chi connectivity index (χ0v) is 19.4. The second kappa shape index (κ2) is 10.2. The first-order chi connectivity index (χ1) is 15.1. The van der Waals surface area contributed by atoms with E-state index >= 15 is 0 Å². The predicted molar refractivity (Wildman–Crippen MR) is 128 cm³/mol. The lowest BCUT2D eigenvalue weighted by Gasteiger charge is -2.29. The maximum absolute atomic E-state index is 5.53. The maximum atomic E-state index is 5.53. The molecule has 1 N–H and O–H groups in total. The van der Waals surface area contributed by atoms with E-state index in [2.05, 4.69) is 51.5 Å². The van der Waals surface area contributed by atoms with Crippen LogP contribution in [0.2, 0.25) is 0 Å². The van der Waals surface area contributed by atoms with Gasteiger partial charge in [-0.2, -0.15) is 0 Å². The Balaban J connectivity index is 1.36. The van der Waals surface area contributed by atoms with Crippen LogP contribution in [-0.4, -0.2) is 55.1 Å². The molecule has 2 aromatic carbocycles. The Bertz CT molecular complexity index is 1040. The number of morpholine rings is 1. The molecule has 0 unspecified atom stereocenters. The third-order valence-electron chi connectivity index (χ3n) is 5.10. The second-order valence-corrected chi connectivity index (χ2v) is 9.04. The molecular weight excluding hydrogens is 430 g/mol. The number of nitrogens with zero attached hydrogens (tertiary/aromatic N) is 4. The minimum Gasteiger partial charge on any atom is -0.495 e. The van der Waals surface area contributed by atoms with Gasteiger partial charge < -0.3 is 19.7 Å². The Kier molecular flexibility index (Phi) is 7.18. The minimum absolute atomic E-state index is 0.619. The summed E-state index contributed by atoms with van der Waals surface area (Å²) in [7, 11) is 3.73. The summed E-state index contributed by atoms with van der Waals surface area (Å²) in [5, 5.41) is 8.70. The molecule has 3 aromatic rings. The summed E-state index contributed by atoms with van der Waals surface area (Å²) in [5.41, 5.74) is 3.38. The van der Waals surface area contributed by atoms with Crippen molar-refractivity contribution in [1.29, 1.82) is 0 Å². The highest BCUT2D eigenvalue weighted by Gasteiger charge is 2.12. The summed E-state index contributed by atoms with van der Waals surface area (Å²) in [4.78, 5) is 4.56. The topological polar surface area (TPSA) is 54.8 Å². The Morgan fingerprint density at radius 1 is 1.16 bits per heavy atom. The van der Waals surface area contributed by atoms with Crippen molar-refractivity contribution in [1.82, 2.24) is 14.7 Å². The van der Waals surface area contributed by atoms with E-state index in [1.807, 2.05) is 28.9 Å². The van der Waals surface area contributed by atoms with E-state index in [0.717, 1.165) is 53.4 Å². The number of rotatable bonds is 8. The van der Waals surface area contributed by atoms with Crippen LogP contribution in [0.3, 0.4) is 0 Å². The van der Waals surface area contributed by atoms with Gasteiger partial charge >= 0.3 is 0 Å². The zero-order chi connectivity index (χ0) is 21.6. The first-order valence-corrected chi connectivity index (χ1v) is 11.4. The van der Waals surface area contributed by atoms with Gasteiger partial charge in [0, 0.05) is 25.3 Å². The van der Waals surface area contributed by atoms with E-state index in [4.69, 9.17) is 21.7 Å². The monoisotopic (exact) mass is 457 g/mol. The maximum Gasteiger partial charge on any atom is 0.209 e. The quantitative estimate of drug-likeness (QED) is 0.505. The molecule has 0 bridgehead atoms. The molecule has 0 radical (unpaired) electrons. The van der Waals surface area contributed by atoms with Gasteiger partial charge in [0.2, 0.25) is 5.13 Å². The van der Waals surface area contributed by atoms with Gasteiger partial charge in [0.25, 0.3) is 0 Å². The summed E-state index contributed by atoms with van der Waals surface area (Å²) in [5.74, 6) is 0.771. The predicted octanol–water partition coefficient (Wildman–Crippen LogP) is 4.35. The number of anilines is 3. The van der Waals surface area contributed by atoms with Crippen LogP contribution in [-0.2, 0) is 18.0 Å². The average molecular weight is 458 g/mol. The lowest BCUT2D eigenvalue weighted by atomic mass is 10.2. The number of aromatic nitrogens is 2. The Morgan fingerprint density at radius 3 is 2.65 bits per heavy atom. The molecule has 31 heavy (non-hydrogen) atoms. The number of nitrogens with one attached hydrogen (secondary N) is 1. The van der Waals surface area contributed by atoms with Crippen LogP contribution in [0, 0.1) is 3.95 Å². The molecule has 0 atom stereocenters. The summed E-state index contributed by atoms with van der Waals surface area (Å²) in [6.45, 7) is 4.94. The smallest absolute Gasteiger partial charge is 0.209 e. The van der Waals surface area contributed by atoms with E-state index in [1.54, 1.807) is 7.11 Å². The molecule has 0 saturated carbocycles. The van der Waals surface area contributed by atoms with E-state index < -0.39 is 0 Å². The van der Waals surface area contributed by atoms with Gasteiger partial charge in [-0.15, -0.1) is 5.10 Å². The molecule has 1 saturated heterocycles. The molecule has 4 rings (SSSR count). The van der Waals surface area contributed by atoms with Crippen molar-refractivity contribution >= 4 is 40.1 Å². The van der Waals surface area contributed by atoms with Gasteiger partial charge in [0.15, 0.2) is 3.95 Å². The molecule has 0 spiro atoms. The summed E-state index contributed by atoms with van der Waals surface area (Å²) in [6.07, 6.45) is 0. The number of para-hydroxylation sites is 2. The Hall–Kier alpha value is -2.46. The summed E-state index contributed by atoms with van der Waals surface area (Å²) < 4.78 is 13.4. The van der Waals surface area contributed by atoms with Crippen LogP contribution in [0.4, 0.5) is 16.5 Å². The highest BCUT2D eigenvalue weighted by Crippen LogP contribution is 2.28. The van der Waals surface area contributed by atoms with E-state index in [0.29, 0.717) is 6.67 Å². The highest BCUT2D eigenvalue weighted by atomic mass is 32.1. The lowest BCUT2D eigenvalue weighted by molar-refractivity contribution is 0.122. The Labute approximate surface area is 191 Å². The van der Waals surface area contributed by atoms with Crippen molar-refractivity contribution in [2.45, 2.75) is 13.2 Å². The second-order valence-electron chi connectivity index (χ2n) is 7.42. The number of ether oxygens (including phenoxy) is 2. The van der Waals surface area contributed by atoms with Gasteiger partial charge in [-0.05, 0) is 49.1 Å². The van der Waals surface area contributed by atoms with Crippen LogP contribution in [0.1, 0.15) is 5.56 Å². The third-order valence-corrected chi connectivity index (χ3v) is 6.32. The van der Waals surface area contributed by atoms with Crippen LogP contribution >= 0.6 is 23.6 Å². The molecule has 1 aromatic heterocycles. The van der Waals surface area contributed by atoms with Crippen molar-refractivity contribution in [3.05, 3.63) is 58.0 Å². The van der Waals surface area contributed by atoms with Gasteiger partial charge in [-0.3, -0.25) is 4.90 Å². The number of methoxy groups -OCH3 is 1. The highest BCUT2D eigenvalue weighted by molar-refractivity contribution is 7.73. The van der Waals surface area contributed by atoms with Gasteiger partial charge in [0.1, 0.15) is 5.75 Å². The Morgan fingerprint density at radius 2 is 1.90 bits per heavy atom. The molecule has 1 fully saturated rings. The minimum atomic E-state index is 0.619. The lowest BCUT2D eigenvalue weighted by Crippen LogP contribution is -2.36. The standard InChI is InChI=1S/C22H27N5O2S2/c1-25(15-17-7-9-18(10-8-17)26-11-13-29-14-12-26)16-27-22(30)31-21(24-27)23-19-5-3-4-6-20(19)28-2/h3-10H,11-16H2,1-2H3,(H,23,24). The first-order valence-electron chi connectivity index (χ1n) is 10.2. The van der Waals surface area contributed by atoms with Crippen LogP contribution < -0.4 is 15.0 Å². The van der Waals surface area contributed by atoms with Crippen LogP contribution in [0.25, 0.3) is 0 Å². The van der Waals surface area contributed by atoms with Gasteiger partial charge in [-0.1, -0.05) is 35.6 Å². The van der Waals surface area contributed by atoms with Crippen molar-refractivity contribution in [2.75, 3.05) is 50.7 Å². The average Bonchev–Trinajstić information content (AvgIpc) is 3.13. The van der Waals surface area contributed by atoms with Gasteiger partial charge in [0.05, 0.1) is 32.7 Å². The summed E-state index contributed by atoms with van der Waals surface area (Å²) >= 11 is 6.98. The molecule has 1 aliphatic heterocycles. The van der Waals surface area contributed by atoms with Crippen molar-refractivity contribution in [3.63, 3.8) is 0 Å². The molecule has 9 heteroatoms. The molecule has 1 aliphatic rings. The van der Waals surface area contributed by atoms with E-state index in [1.165, 1.54) is 22.6 Å².